The van der Waals surface area contributed by atoms with Crippen LogP contribution in [0.1, 0.15) is 10.4 Å². The van der Waals surface area contributed by atoms with Crippen LogP contribution in [0.4, 0.5) is 10.4 Å². The minimum atomic E-state index is -3.78. The van der Waals surface area contributed by atoms with Gasteiger partial charge < -0.3 is 14.6 Å². The first-order chi connectivity index (χ1) is 14.9. The van der Waals surface area contributed by atoms with Crippen LogP contribution in [0.3, 0.4) is 0 Å². The molecule has 1 N–H and O–H groups in total. The van der Waals surface area contributed by atoms with Crippen LogP contribution in [0.5, 0.6) is 0 Å². The zero-order valence-electron chi connectivity index (χ0n) is 16.4. The molecule has 0 bridgehead atoms. The van der Waals surface area contributed by atoms with Crippen molar-refractivity contribution in [3.63, 3.8) is 0 Å². The number of halogens is 1. The summed E-state index contributed by atoms with van der Waals surface area (Å²) in [5.41, 5.74) is 1.44. The quantitative estimate of drug-likeness (QED) is 0.606. The molecule has 1 saturated heterocycles. The van der Waals surface area contributed by atoms with Gasteiger partial charge in [-0.15, -0.1) is 6.42 Å². The lowest BCUT2D eigenvalue weighted by Crippen LogP contribution is -2.48. The molecule has 0 unspecified atom stereocenters. The Balaban J connectivity index is 1.47. The molecule has 0 radical (unpaired) electrons. The van der Waals surface area contributed by atoms with E-state index >= 15 is 0 Å². The minimum Gasteiger partial charge on any atom is -0.423 e. The molecule has 1 aliphatic heterocycles. The molecule has 2 heterocycles. The monoisotopic (exact) mass is 442 g/mol. The number of nitrogens with one attached hydrogen (secondary N) is 1. The molecule has 0 spiro atoms. The zero-order chi connectivity index (χ0) is 22.0. The number of fused-ring (bicyclic) bond motifs is 1. The number of carbonyl (C=O) groups excluding carboxylic acids is 1. The van der Waals surface area contributed by atoms with E-state index in [0.717, 1.165) is 6.07 Å². The second-order valence-corrected chi connectivity index (χ2v) is 8.85. The van der Waals surface area contributed by atoms with E-state index in [1.807, 2.05) is 4.90 Å². The average Bonchev–Trinajstić information content (AvgIpc) is 3.21. The van der Waals surface area contributed by atoms with Crippen molar-refractivity contribution >= 4 is 33.0 Å². The fourth-order valence-electron chi connectivity index (χ4n) is 3.32. The van der Waals surface area contributed by atoms with E-state index in [9.17, 15) is 17.6 Å². The second-order valence-electron chi connectivity index (χ2n) is 6.91. The van der Waals surface area contributed by atoms with Crippen molar-refractivity contribution in [2.45, 2.75) is 4.90 Å². The van der Waals surface area contributed by atoms with Gasteiger partial charge in [-0.2, -0.15) is 9.29 Å². The van der Waals surface area contributed by atoms with Crippen LogP contribution in [0, 0.1) is 18.2 Å². The van der Waals surface area contributed by atoms with Gasteiger partial charge in [-0.1, -0.05) is 12.0 Å². The molecule has 10 heteroatoms. The number of aromatic nitrogens is 1. The summed E-state index contributed by atoms with van der Waals surface area (Å²) in [6.45, 7) is 1.26. The highest BCUT2D eigenvalue weighted by molar-refractivity contribution is 7.89. The van der Waals surface area contributed by atoms with Gasteiger partial charge in [0.1, 0.15) is 11.3 Å². The van der Waals surface area contributed by atoms with Gasteiger partial charge in [-0.25, -0.2) is 12.8 Å². The topological polar surface area (TPSA) is 95.8 Å². The number of benzene rings is 2. The number of rotatable bonds is 5. The zero-order valence-corrected chi connectivity index (χ0v) is 17.2. The van der Waals surface area contributed by atoms with Crippen molar-refractivity contribution < 1.29 is 22.0 Å². The van der Waals surface area contributed by atoms with Crippen molar-refractivity contribution in [2.24, 2.45) is 0 Å². The molecule has 8 nitrogen and oxygen atoms in total. The molecule has 2 aromatic carbocycles. The summed E-state index contributed by atoms with van der Waals surface area (Å²) >= 11 is 0. The van der Waals surface area contributed by atoms with Gasteiger partial charge in [0.2, 0.25) is 10.0 Å². The van der Waals surface area contributed by atoms with E-state index in [-0.39, 0.29) is 30.4 Å². The van der Waals surface area contributed by atoms with Gasteiger partial charge in [0, 0.05) is 31.7 Å². The smallest absolute Gasteiger partial charge is 0.298 e. The van der Waals surface area contributed by atoms with E-state index in [4.69, 9.17) is 10.8 Å². The van der Waals surface area contributed by atoms with Crippen molar-refractivity contribution in [2.75, 3.05) is 37.6 Å². The highest BCUT2D eigenvalue weighted by atomic mass is 32.2. The molecule has 1 aromatic heterocycles. The van der Waals surface area contributed by atoms with Crippen molar-refractivity contribution in [1.82, 2.24) is 14.6 Å². The molecule has 31 heavy (non-hydrogen) atoms. The number of nitrogens with zero attached hydrogens (tertiary/aromatic N) is 3. The standard InChI is InChI=1S/C21H19FN4O4S/c1-2-8-23-20(27)15-6-7-19-18(13-15)24-21(30-19)25-9-11-26(12-10-25)31(28,29)17-5-3-4-16(22)14-17/h1,3-7,13-14H,8-12H2,(H,23,27). The van der Waals surface area contributed by atoms with E-state index in [2.05, 4.69) is 16.2 Å². The molecule has 0 atom stereocenters. The first kappa shape index (κ1) is 20.8. The summed E-state index contributed by atoms with van der Waals surface area (Å²) in [6.07, 6.45) is 5.15. The Morgan fingerprint density at radius 2 is 1.97 bits per heavy atom. The summed E-state index contributed by atoms with van der Waals surface area (Å²) in [7, 11) is -3.78. The summed E-state index contributed by atoms with van der Waals surface area (Å²) < 4.78 is 46.0. The van der Waals surface area contributed by atoms with E-state index < -0.39 is 15.8 Å². The highest BCUT2D eigenvalue weighted by Crippen LogP contribution is 2.25. The molecule has 1 amide bonds. The Bertz CT molecular complexity index is 1270. The number of terminal acetylenes is 1. The van der Waals surface area contributed by atoms with Crippen LogP contribution < -0.4 is 10.2 Å². The number of piperazine rings is 1. The molecule has 1 fully saturated rings. The Labute approximate surface area is 178 Å². The Morgan fingerprint density at radius 1 is 1.19 bits per heavy atom. The maximum Gasteiger partial charge on any atom is 0.298 e. The maximum absolute atomic E-state index is 13.4. The van der Waals surface area contributed by atoms with Crippen LogP contribution in [-0.4, -0.2) is 56.3 Å². The SMILES string of the molecule is C#CCNC(=O)c1ccc2oc(N3CCN(S(=O)(=O)c4cccc(F)c4)CC3)nc2c1. The molecule has 0 aliphatic carbocycles. The average molecular weight is 442 g/mol. The number of oxazole rings is 1. The number of hydrogen-bond donors (Lipinski definition) is 1. The third-order valence-corrected chi connectivity index (χ3v) is 6.83. The van der Waals surface area contributed by atoms with Crippen LogP contribution in [-0.2, 0) is 10.0 Å². The fourth-order valence-corrected chi connectivity index (χ4v) is 4.78. The lowest BCUT2D eigenvalue weighted by Gasteiger charge is -2.33. The highest BCUT2D eigenvalue weighted by Gasteiger charge is 2.30. The molecule has 3 aromatic rings. The van der Waals surface area contributed by atoms with Crippen LogP contribution >= 0.6 is 0 Å². The number of amides is 1. The first-order valence-electron chi connectivity index (χ1n) is 9.51. The van der Waals surface area contributed by atoms with E-state index in [0.29, 0.717) is 35.8 Å². The Kier molecular flexibility index (Phi) is 5.63. The van der Waals surface area contributed by atoms with Crippen molar-refractivity contribution in [1.29, 1.82) is 0 Å². The third-order valence-electron chi connectivity index (χ3n) is 4.93. The van der Waals surface area contributed by atoms with Gasteiger partial charge in [-0.05, 0) is 36.4 Å². The summed E-state index contributed by atoms with van der Waals surface area (Å²) in [4.78, 5) is 18.3. The largest absolute Gasteiger partial charge is 0.423 e. The van der Waals surface area contributed by atoms with E-state index in [1.54, 1.807) is 18.2 Å². The van der Waals surface area contributed by atoms with Crippen molar-refractivity contribution in [3.05, 3.63) is 53.8 Å². The first-order valence-corrected chi connectivity index (χ1v) is 11.0. The number of hydrogen-bond acceptors (Lipinski definition) is 6. The molecule has 0 saturated carbocycles. The molecule has 1 aliphatic rings. The normalized spacial score (nSPS) is 15.0. The molecule has 160 valence electrons. The number of anilines is 1. The van der Waals surface area contributed by atoms with Crippen LogP contribution in [0.2, 0.25) is 0 Å². The summed E-state index contributed by atoms with van der Waals surface area (Å²) in [5.74, 6) is 1.44. The Morgan fingerprint density at radius 3 is 2.68 bits per heavy atom. The number of sulfonamides is 1. The number of carbonyl (C=O) groups is 1. The van der Waals surface area contributed by atoms with Crippen molar-refractivity contribution in [3.8, 4) is 12.3 Å². The molecular formula is C21H19FN4O4S. The van der Waals surface area contributed by atoms with Gasteiger partial charge in [-0.3, -0.25) is 4.79 Å². The van der Waals surface area contributed by atoms with Crippen LogP contribution in [0.25, 0.3) is 11.1 Å². The maximum atomic E-state index is 13.4. The minimum absolute atomic E-state index is 0.0709. The predicted octanol–water partition coefficient (Wildman–Crippen LogP) is 1.84. The van der Waals surface area contributed by atoms with E-state index in [1.165, 1.54) is 22.5 Å². The fraction of sp³-hybridized carbons (Fsp3) is 0.238. The Hall–Kier alpha value is -3.42. The summed E-state index contributed by atoms with van der Waals surface area (Å²) in [6, 6.07) is 10.2. The lowest BCUT2D eigenvalue weighted by molar-refractivity contribution is 0.0959. The predicted molar refractivity (Wildman–Crippen MR) is 113 cm³/mol. The lowest BCUT2D eigenvalue weighted by atomic mass is 10.2. The molecule has 4 rings (SSSR count). The van der Waals surface area contributed by atoms with Gasteiger partial charge in [0.05, 0.1) is 11.4 Å². The summed E-state index contributed by atoms with van der Waals surface area (Å²) in [5, 5.41) is 2.59. The van der Waals surface area contributed by atoms with Gasteiger partial charge in [0.25, 0.3) is 11.9 Å². The van der Waals surface area contributed by atoms with Gasteiger partial charge in [0.15, 0.2) is 5.58 Å². The third kappa shape index (κ3) is 4.23. The van der Waals surface area contributed by atoms with Gasteiger partial charge >= 0.3 is 0 Å². The van der Waals surface area contributed by atoms with Crippen LogP contribution in [0.15, 0.2) is 51.8 Å². The second kappa shape index (κ2) is 8.37. The molecular weight excluding hydrogens is 423 g/mol.